The summed E-state index contributed by atoms with van der Waals surface area (Å²) in [7, 11) is 0. The smallest absolute Gasteiger partial charge is 0.248 e. The van der Waals surface area contributed by atoms with Crippen molar-refractivity contribution in [2.45, 2.75) is 38.0 Å². The summed E-state index contributed by atoms with van der Waals surface area (Å²) >= 11 is 0. The first-order valence-electron chi connectivity index (χ1n) is 8.68. The molecule has 1 aliphatic carbocycles. The number of nitrogens with zero attached hydrogens (tertiary/aromatic N) is 3. The van der Waals surface area contributed by atoms with E-state index in [1.807, 2.05) is 18.2 Å². The fourth-order valence-electron chi connectivity index (χ4n) is 3.63. The van der Waals surface area contributed by atoms with Gasteiger partial charge in [0.1, 0.15) is 5.82 Å². The molecule has 1 fully saturated rings. The minimum absolute atomic E-state index is 0.437. The molecule has 6 heteroatoms. The monoisotopic (exact) mass is 335 g/mol. The maximum Gasteiger partial charge on any atom is 0.248 e. The Morgan fingerprint density at radius 2 is 1.84 bits per heavy atom. The van der Waals surface area contributed by atoms with Crippen LogP contribution in [-0.4, -0.2) is 20.5 Å². The maximum atomic E-state index is 11.3. The molecular weight excluding hydrogens is 314 g/mol. The van der Waals surface area contributed by atoms with Crippen LogP contribution in [0, 0.1) is 0 Å². The Morgan fingerprint density at radius 3 is 2.52 bits per heavy atom. The van der Waals surface area contributed by atoms with Crippen molar-refractivity contribution in [2.24, 2.45) is 5.73 Å². The van der Waals surface area contributed by atoms with Crippen LogP contribution in [0.4, 0.5) is 5.82 Å². The molecule has 0 radical (unpaired) electrons. The second-order valence-electron chi connectivity index (χ2n) is 6.68. The number of benzene rings is 1. The van der Waals surface area contributed by atoms with Gasteiger partial charge in [0.2, 0.25) is 5.91 Å². The maximum absolute atomic E-state index is 11.3. The van der Waals surface area contributed by atoms with Crippen molar-refractivity contribution >= 4 is 17.4 Å². The molecule has 1 aromatic carbocycles. The lowest BCUT2D eigenvalue weighted by Gasteiger charge is -2.21. The van der Waals surface area contributed by atoms with E-state index in [9.17, 15) is 4.79 Å². The number of aromatic nitrogens is 3. The lowest BCUT2D eigenvalue weighted by molar-refractivity contribution is 0.100. The van der Waals surface area contributed by atoms with Gasteiger partial charge in [0.05, 0.1) is 6.20 Å². The molecule has 6 nitrogen and oxygen atoms in total. The Kier molecular flexibility index (Phi) is 3.87. The number of anilines is 1. The standard InChI is InChI=1S/C19H21N5O/c20-17-10-16(13-4-2-1-3-5-13)23-19-15(11-22-24(17)19)12-6-8-14(9-7-12)18(21)25/h6-11,13H,1-5,20H2,(H2,21,25). The predicted molar refractivity (Wildman–Crippen MR) is 97.2 cm³/mol. The van der Waals surface area contributed by atoms with Gasteiger partial charge in [-0.1, -0.05) is 31.4 Å². The lowest BCUT2D eigenvalue weighted by Crippen LogP contribution is -2.10. The van der Waals surface area contributed by atoms with Crippen molar-refractivity contribution in [3.05, 3.63) is 47.8 Å². The molecule has 1 saturated carbocycles. The molecule has 1 amide bonds. The van der Waals surface area contributed by atoms with Gasteiger partial charge in [-0.3, -0.25) is 4.79 Å². The van der Waals surface area contributed by atoms with Crippen molar-refractivity contribution in [3.63, 3.8) is 0 Å². The molecule has 3 aromatic rings. The molecule has 0 unspecified atom stereocenters. The minimum Gasteiger partial charge on any atom is -0.384 e. The number of hydrogen-bond donors (Lipinski definition) is 2. The Labute approximate surface area is 145 Å². The van der Waals surface area contributed by atoms with Crippen LogP contribution in [-0.2, 0) is 0 Å². The third kappa shape index (κ3) is 2.84. The van der Waals surface area contributed by atoms with Gasteiger partial charge in [-0.15, -0.1) is 0 Å². The van der Waals surface area contributed by atoms with Crippen LogP contribution in [0.5, 0.6) is 0 Å². The third-order valence-corrected chi connectivity index (χ3v) is 5.02. The van der Waals surface area contributed by atoms with E-state index in [1.54, 1.807) is 22.8 Å². The van der Waals surface area contributed by atoms with Crippen molar-refractivity contribution in [1.82, 2.24) is 14.6 Å². The van der Waals surface area contributed by atoms with Crippen molar-refractivity contribution in [1.29, 1.82) is 0 Å². The number of rotatable bonds is 3. The van der Waals surface area contributed by atoms with Crippen LogP contribution in [0.1, 0.15) is 54.1 Å². The number of hydrogen-bond acceptors (Lipinski definition) is 4. The first-order chi connectivity index (χ1) is 12.1. The molecule has 25 heavy (non-hydrogen) atoms. The lowest BCUT2D eigenvalue weighted by atomic mass is 9.87. The molecule has 0 aliphatic heterocycles. The average Bonchev–Trinajstić information content (AvgIpc) is 3.07. The molecule has 4 rings (SSSR count). The molecule has 0 atom stereocenters. The van der Waals surface area contributed by atoms with E-state index in [-0.39, 0.29) is 0 Å². The highest BCUT2D eigenvalue weighted by Crippen LogP contribution is 2.34. The number of amides is 1. The van der Waals surface area contributed by atoms with Crippen LogP contribution in [0.25, 0.3) is 16.8 Å². The van der Waals surface area contributed by atoms with Gasteiger partial charge in [0.15, 0.2) is 5.65 Å². The summed E-state index contributed by atoms with van der Waals surface area (Å²) in [6, 6.07) is 9.12. The molecule has 128 valence electrons. The summed E-state index contributed by atoms with van der Waals surface area (Å²) in [5, 5.41) is 4.38. The fourth-order valence-corrected chi connectivity index (χ4v) is 3.63. The number of carbonyl (C=O) groups is 1. The summed E-state index contributed by atoms with van der Waals surface area (Å²) < 4.78 is 1.67. The number of carbonyl (C=O) groups excluding carboxylic acids is 1. The van der Waals surface area contributed by atoms with Gasteiger partial charge in [-0.2, -0.15) is 9.61 Å². The van der Waals surface area contributed by atoms with Crippen molar-refractivity contribution in [2.75, 3.05) is 5.73 Å². The van der Waals surface area contributed by atoms with Gasteiger partial charge >= 0.3 is 0 Å². The van der Waals surface area contributed by atoms with Crippen LogP contribution in [0.15, 0.2) is 36.5 Å². The van der Waals surface area contributed by atoms with Gasteiger partial charge in [0.25, 0.3) is 0 Å². The first-order valence-corrected chi connectivity index (χ1v) is 8.68. The van der Waals surface area contributed by atoms with E-state index in [0.29, 0.717) is 17.3 Å². The summed E-state index contributed by atoms with van der Waals surface area (Å²) in [5.74, 6) is 0.639. The molecule has 4 N–H and O–H groups in total. The van der Waals surface area contributed by atoms with Crippen molar-refractivity contribution in [3.8, 4) is 11.1 Å². The highest BCUT2D eigenvalue weighted by Gasteiger charge is 2.20. The van der Waals surface area contributed by atoms with Crippen LogP contribution >= 0.6 is 0 Å². The van der Waals surface area contributed by atoms with Crippen LogP contribution in [0.2, 0.25) is 0 Å². The quantitative estimate of drug-likeness (QED) is 0.768. The fraction of sp³-hybridized carbons (Fsp3) is 0.316. The summed E-state index contributed by atoms with van der Waals surface area (Å²) in [6.45, 7) is 0. The van der Waals surface area contributed by atoms with Crippen molar-refractivity contribution < 1.29 is 4.79 Å². The van der Waals surface area contributed by atoms with E-state index in [2.05, 4.69) is 5.10 Å². The zero-order valence-corrected chi connectivity index (χ0v) is 14.0. The number of primary amides is 1. The highest BCUT2D eigenvalue weighted by molar-refractivity contribution is 5.93. The van der Waals surface area contributed by atoms with E-state index in [1.165, 1.54) is 32.1 Å². The number of nitrogen functional groups attached to an aromatic ring is 1. The van der Waals surface area contributed by atoms with Gasteiger partial charge in [-0.05, 0) is 30.5 Å². The zero-order chi connectivity index (χ0) is 17.4. The Bertz CT molecular complexity index is 923. The van der Waals surface area contributed by atoms with Crippen LogP contribution in [0.3, 0.4) is 0 Å². The van der Waals surface area contributed by atoms with E-state index < -0.39 is 5.91 Å². The minimum atomic E-state index is -0.437. The normalized spacial score (nSPS) is 15.5. The summed E-state index contributed by atoms with van der Waals surface area (Å²) in [4.78, 5) is 16.1. The predicted octanol–water partition coefficient (Wildman–Crippen LogP) is 3.13. The molecule has 1 aliphatic rings. The Hall–Kier alpha value is -2.89. The molecule has 0 bridgehead atoms. The first kappa shape index (κ1) is 15.6. The second kappa shape index (κ2) is 6.20. The van der Waals surface area contributed by atoms with E-state index >= 15 is 0 Å². The topological polar surface area (TPSA) is 99.3 Å². The molecule has 2 heterocycles. The summed E-state index contributed by atoms with van der Waals surface area (Å²) in [5.41, 5.74) is 15.7. The molecule has 0 saturated heterocycles. The SMILES string of the molecule is NC(=O)c1ccc(-c2cnn3c(N)cc(C4CCCCC4)nc23)cc1. The number of fused-ring (bicyclic) bond motifs is 1. The second-order valence-corrected chi connectivity index (χ2v) is 6.68. The van der Waals surface area contributed by atoms with E-state index in [0.717, 1.165) is 22.5 Å². The largest absolute Gasteiger partial charge is 0.384 e. The summed E-state index contributed by atoms with van der Waals surface area (Å²) in [6.07, 6.45) is 7.90. The van der Waals surface area contributed by atoms with Gasteiger partial charge < -0.3 is 11.5 Å². The van der Waals surface area contributed by atoms with E-state index in [4.69, 9.17) is 16.5 Å². The molecule has 0 spiro atoms. The molecular formula is C19H21N5O. The Balaban J connectivity index is 1.79. The molecule has 2 aromatic heterocycles. The van der Waals surface area contributed by atoms with Gasteiger partial charge in [0, 0.05) is 28.8 Å². The highest BCUT2D eigenvalue weighted by atomic mass is 16.1. The third-order valence-electron chi connectivity index (χ3n) is 5.02. The van der Waals surface area contributed by atoms with Gasteiger partial charge in [-0.25, -0.2) is 4.98 Å². The average molecular weight is 335 g/mol. The zero-order valence-electron chi connectivity index (χ0n) is 14.0. The number of nitrogens with two attached hydrogens (primary N) is 2. The van der Waals surface area contributed by atoms with Crippen LogP contribution < -0.4 is 11.5 Å². The Morgan fingerprint density at radius 1 is 1.12 bits per heavy atom.